The molecular weight excluding hydrogens is 472 g/mol. The van der Waals surface area contributed by atoms with E-state index in [0.717, 1.165) is 31.3 Å². The standard InChI is InChI=1S/C30H46O7/c1-25(23(34)35)12-13-30(24(36)37)18(14-25)17-6-7-20-26(2)10-9-21(32)27(3,16-31)19(26)8-11-28(20,4)29(17,5)15-22(30)33/h6,18-22,31-33H,7-16H2,1-5H3,(H,34,35)(H,36,37)/t18-,19+,20+,21-,22+,25+,26-,27-,28+,29+,30+/m0/s1. The van der Waals surface area contributed by atoms with Crippen molar-refractivity contribution in [3.63, 3.8) is 0 Å². The highest BCUT2D eigenvalue weighted by atomic mass is 16.4. The Labute approximate surface area is 220 Å². The molecule has 7 heteroatoms. The van der Waals surface area contributed by atoms with Crippen LogP contribution in [0.15, 0.2) is 11.6 Å². The molecule has 0 aliphatic heterocycles. The first kappa shape index (κ1) is 27.1. The molecule has 4 fully saturated rings. The fourth-order valence-corrected chi connectivity index (χ4v) is 10.8. The summed E-state index contributed by atoms with van der Waals surface area (Å²) in [5.41, 5.74) is -2.67. The lowest BCUT2D eigenvalue weighted by molar-refractivity contribution is -0.227. The van der Waals surface area contributed by atoms with Crippen molar-refractivity contribution in [1.29, 1.82) is 0 Å². The largest absolute Gasteiger partial charge is 0.481 e. The van der Waals surface area contributed by atoms with Gasteiger partial charge >= 0.3 is 11.9 Å². The van der Waals surface area contributed by atoms with Crippen LogP contribution < -0.4 is 0 Å². The van der Waals surface area contributed by atoms with Gasteiger partial charge in [-0.3, -0.25) is 9.59 Å². The van der Waals surface area contributed by atoms with Gasteiger partial charge in [0.25, 0.3) is 0 Å². The summed E-state index contributed by atoms with van der Waals surface area (Å²) >= 11 is 0. The van der Waals surface area contributed by atoms with Crippen LogP contribution in [0.4, 0.5) is 0 Å². The number of aliphatic hydroxyl groups is 3. The summed E-state index contributed by atoms with van der Waals surface area (Å²) in [7, 11) is 0. The zero-order chi connectivity index (χ0) is 27.4. The van der Waals surface area contributed by atoms with Crippen molar-refractivity contribution in [1.82, 2.24) is 0 Å². The number of carboxylic acids is 2. The van der Waals surface area contributed by atoms with E-state index in [1.165, 1.54) is 0 Å². The minimum atomic E-state index is -1.35. The maximum Gasteiger partial charge on any atom is 0.312 e. The van der Waals surface area contributed by atoms with Crippen LogP contribution in [0.5, 0.6) is 0 Å². The third kappa shape index (κ3) is 3.11. The molecule has 4 saturated carbocycles. The van der Waals surface area contributed by atoms with E-state index >= 15 is 0 Å². The monoisotopic (exact) mass is 518 g/mol. The Morgan fingerprint density at radius 2 is 1.54 bits per heavy atom. The SMILES string of the molecule is C[C@@]1(C(=O)O)CC[C@]2(C(=O)O)[C@H](O)C[C@]3(C)C(=CC[C@@H]4[C@@]5(C)CC[C@H](O)[C@@](C)(CO)[C@@H]5CC[C@]43C)[C@@H]2C1. The quantitative estimate of drug-likeness (QED) is 0.353. The van der Waals surface area contributed by atoms with Crippen molar-refractivity contribution >= 4 is 11.9 Å². The minimum Gasteiger partial charge on any atom is -0.481 e. The van der Waals surface area contributed by atoms with Gasteiger partial charge in [0, 0.05) is 11.3 Å². The normalized spacial score (nSPS) is 55.1. The smallest absolute Gasteiger partial charge is 0.312 e. The highest BCUT2D eigenvalue weighted by molar-refractivity contribution is 5.80. The van der Waals surface area contributed by atoms with E-state index in [2.05, 4.69) is 26.8 Å². The number of aliphatic carboxylic acids is 2. The minimum absolute atomic E-state index is 0.0497. The third-order valence-corrected chi connectivity index (χ3v) is 13.5. The van der Waals surface area contributed by atoms with Crippen molar-refractivity contribution < 1.29 is 35.1 Å². The Morgan fingerprint density at radius 3 is 2.14 bits per heavy atom. The molecule has 0 radical (unpaired) electrons. The molecular formula is C30H46O7. The molecule has 0 aromatic carbocycles. The van der Waals surface area contributed by atoms with Crippen LogP contribution in [-0.4, -0.2) is 56.3 Å². The van der Waals surface area contributed by atoms with Crippen LogP contribution >= 0.6 is 0 Å². The average molecular weight is 519 g/mol. The van der Waals surface area contributed by atoms with E-state index in [1.54, 1.807) is 6.92 Å². The molecule has 0 aromatic rings. The number of hydrogen-bond acceptors (Lipinski definition) is 5. The van der Waals surface area contributed by atoms with Crippen LogP contribution in [0.1, 0.15) is 92.4 Å². The Morgan fingerprint density at radius 1 is 0.865 bits per heavy atom. The van der Waals surface area contributed by atoms with Crippen LogP contribution in [0.25, 0.3) is 0 Å². The van der Waals surface area contributed by atoms with Gasteiger partial charge in [-0.15, -0.1) is 0 Å². The molecule has 5 rings (SSSR count). The first-order valence-electron chi connectivity index (χ1n) is 14.2. The van der Waals surface area contributed by atoms with E-state index in [-0.39, 0.29) is 48.5 Å². The molecule has 0 aromatic heterocycles. The van der Waals surface area contributed by atoms with E-state index < -0.39 is 51.7 Å². The fraction of sp³-hybridized carbons (Fsp3) is 0.867. The first-order chi connectivity index (χ1) is 17.1. The molecule has 5 aliphatic rings. The van der Waals surface area contributed by atoms with Gasteiger partial charge in [-0.05, 0) is 92.8 Å². The number of fused-ring (bicyclic) bond motifs is 7. The zero-order valence-corrected chi connectivity index (χ0v) is 23.1. The highest BCUT2D eigenvalue weighted by Gasteiger charge is 2.72. The van der Waals surface area contributed by atoms with Gasteiger partial charge in [-0.1, -0.05) is 39.3 Å². The molecule has 208 valence electrons. The second kappa shape index (κ2) is 8.04. The zero-order valence-electron chi connectivity index (χ0n) is 23.1. The van der Waals surface area contributed by atoms with Gasteiger partial charge < -0.3 is 25.5 Å². The number of rotatable bonds is 3. The molecule has 5 aliphatic carbocycles. The van der Waals surface area contributed by atoms with E-state index in [4.69, 9.17) is 0 Å². The van der Waals surface area contributed by atoms with Gasteiger partial charge in [0.2, 0.25) is 0 Å². The van der Waals surface area contributed by atoms with E-state index in [1.807, 2.05) is 6.92 Å². The van der Waals surface area contributed by atoms with Gasteiger partial charge in [-0.2, -0.15) is 0 Å². The molecule has 0 saturated heterocycles. The van der Waals surface area contributed by atoms with Gasteiger partial charge in [0.05, 0.1) is 24.2 Å². The molecule has 11 atom stereocenters. The predicted molar refractivity (Wildman–Crippen MR) is 137 cm³/mol. The van der Waals surface area contributed by atoms with Crippen molar-refractivity contribution in [3.8, 4) is 0 Å². The highest BCUT2D eigenvalue weighted by Crippen LogP contribution is 2.75. The lowest BCUT2D eigenvalue weighted by Gasteiger charge is -2.71. The third-order valence-electron chi connectivity index (χ3n) is 13.5. The summed E-state index contributed by atoms with van der Waals surface area (Å²) in [6, 6.07) is 0. The summed E-state index contributed by atoms with van der Waals surface area (Å²) in [5.74, 6) is -2.01. The van der Waals surface area contributed by atoms with Crippen molar-refractivity contribution in [2.45, 2.75) is 105 Å². The second-order valence-corrected chi connectivity index (χ2v) is 14.7. The average Bonchev–Trinajstić information content (AvgIpc) is 2.82. The summed E-state index contributed by atoms with van der Waals surface area (Å²) in [6.45, 7) is 10.5. The number of hydrogen-bond donors (Lipinski definition) is 5. The lowest BCUT2D eigenvalue weighted by atomic mass is 9.33. The Hall–Kier alpha value is -1.44. The molecule has 7 nitrogen and oxygen atoms in total. The summed E-state index contributed by atoms with van der Waals surface area (Å²) < 4.78 is 0. The van der Waals surface area contributed by atoms with Crippen molar-refractivity contribution in [2.24, 2.45) is 50.2 Å². The van der Waals surface area contributed by atoms with E-state index in [9.17, 15) is 35.1 Å². The lowest BCUT2D eigenvalue weighted by Crippen LogP contribution is -2.68. The Bertz CT molecular complexity index is 1040. The molecule has 0 spiro atoms. The number of carboxylic acid groups (broad SMARTS) is 2. The Kier molecular flexibility index (Phi) is 5.90. The molecule has 5 N–H and O–H groups in total. The molecule has 0 unspecified atom stereocenters. The molecule has 37 heavy (non-hydrogen) atoms. The molecule has 0 bridgehead atoms. The fourth-order valence-electron chi connectivity index (χ4n) is 10.8. The van der Waals surface area contributed by atoms with Gasteiger partial charge in [0.15, 0.2) is 0 Å². The summed E-state index contributed by atoms with van der Waals surface area (Å²) in [4.78, 5) is 25.1. The van der Waals surface area contributed by atoms with Crippen LogP contribution in [0.2, 0.25) is 0 Å². The van der Waals surface area contributed by atoms with Gasteiger partial charge in [0.1, 0.15) is 5.41 Å². The van der Waals surface area contributed by atoms with Gasteiger partial charge in [-0.25, -0.2) is 0 Å². The second-order valence-electron chi connectivity index (χ2n) is 14.7. The van der Waals surface area contributed by atoms with Crippen LogP contribution in [0, 0.1) is 50.2 Å². The molecule has 0 heterocycles. The van der Waals surface area contributed by atoms with Crippen LogP contribution in [-0.2, 0) is 9.59 Å². The summed E-state index contributed by atoms with van der Waals surface area (Å²) in [6.07, 6.45) is 5.65. The predicted octanol–water partition coefficient (Wildman–Crippen LogP) is 4.24. The van der Waals surface area contributed by atoms with E-state index in [0.29, 0.717) is 12.8 Å². The number of allylic oxidation sites excluding steroid dienone is 2. The number of carbonyl (C=O) groups is 2. The first-order valence-corrected chi connectivity index (χ1v) is 14.2. The topological polar surface area (TPSA) is 135 Å². The van der Waals surface area contributed by atoms with Crippen molar-refractivity contribution in [3.05, 3.63) is 11.6 Å². The summed E-state index contributed by atoms with van der Waals surface area (Å²) in [5, 5.41) is 53.5. The van der Waals surface area contributed by atoms with Crippen LogP contribution in [0.3, 0.4) is 0 Å². The maximum atomic E-state index is 12.8. The Balaban J connectivity index is 1.63. The van der Waals surface area contributed by atoms with Crippen molar-refractivity contribution in [2.75, 3.05) is 6.61 Å². The number of aliphatic hydroxyl groups excluding tert-OH is 3. The molecule has 0 amide bonds. The maximum absolute atomic E-state index is 12.8.